The Labute approximate surface area is 118 Å². The Bertz CT molecular complexity index is 479. The first-order valence-electron chi connectivity index (χ1n) is 6.06. The molecule has 6 heteroatoms. The molecule has 0 amide bonds. The van der Waals surface area contributed by atoms with Gasteiger partial charge in [-0.2, -0.15) is 0 Å². The van der Waals surface area contributed by atoms with Crippen molar-refractivity contribution in [2.24, 2.45) is 10.7 Å². The second-order valence-corrected chi connectivity index (χ2v) is 4.70. The number of hydrogen-bond acceptors (Lipinski definition) is 5. The van der Waals surface area contributed by atoms with Crippen molar-refractivity contribution in [1.82, 2.24) is 4.90 Å². The van der Waals surface area contributed by atoms with Gasteiger partial charge >= 0.3 is 0 Å². The van der Waals surface area contributed by atoms with Gasteiger partial charge in [0.25, 0.3) is 0 Å². The molecular weight excluding hydrogens is 266 g/mol. The maximum Gasteiger partial charge on any atom is 0.192 e. The van der Waals surface area contributed by atoms with E-state index in [-0.39, 0.29) is 6.04 Å². The summed E-state index contributed by atoms with van der Waals surface area (Å²) in [6, 6.07) is 5.86. The number of nitrogens with two attached hydrogens (primary N) is 1. The van der Waals surface area contributed by atoms with Crippen molar-refractivity contribution in [1.29, 1.82) is 0 Å². The maximum atomic E-state index is 6.16. The first kappa shape index (κ1) is 14.0. The molecule has 1 aromatic carbocycles. The summed E-state index contributed by atoms with van der Waals surface area (Å²) in [4.78, 5) is 6.32. The van der Waals surface area contributed by atoms with Crippen LogP contribution in [0.4, 0.5) is 0 Å². The molecule has 0 bridgehead atoms. The molecule has 5 nitrogen and oxygen atoms in total. The van der Waals surface area contributed by atoms with E-state index in [1.54, 1.807) is 14.2 Å². The van der Waals surface area contributed by atoms with E-state index < -0.39 is 0 Å². The van der Waals surface area contributed by atoms with Gasteiger partial charge in [0.15, 0.2) is 5.96 Å². The third-order valence-electron chi connectivity index (χ3n) is 3.19. The van der Waals surface area contributed by atoms with Crippen molar-refractivity contribution in [3.8, 4) is 5.75 Å². The molecule has 1 heterocycles. The molecule has 1 atom stereocenters. The minimum Gasteiger partial charge on any atom is -0.495 e. The van der Waals surface area contributed by atoms with E-state index in [9.17, 15) is 0 Å². The van der Waals surface area contributed by atoms with Crippen molar-refractivity contribution < 1.29 is 9.47 Å². The summed E-state index contributed by atoms with van der Waals surface area (Å²) in [5.74, 6) is 1.22. The van der Waals surface area contributed by atoms with E-state index >= 15 is 0 Å². The number of benzene rings is 1. The third-order valence-corrected chi connectivity index (χ3v) is 3.49. The van der Waals surface area contributed by atoms with Crippen LogP contribution in [0.5, 0.6) is 5.75 Å². The van der Waals surface area contributed by atoms with Crippen molar-refractivity contribution in [2.75, 3.05) is 33.9 Å². The number of ether oxygens (including phenoxy) is 2. The predicted molar refractivity (Wildman–Crippen MR) is 75.8 cm³/mol. The van der Waals surface area contributed by atoms with Crippen molar-refractivity contribution in [3.05, 3.63) is 28.8 Å². The van der Waals surface area contributed by atoms with Crippen LogP contribution in [-0.2, 0) is 4.74 Å². The summed E-state index contributed by atoms with van der Waals surface area (Å²) >= 11 is 6.16. The SMILES string of the molecule is COCCN1C(N)=NCC1c1ccc(OC)c(Cl)c1. The predicted octanol–water partition coefficient (Wildman–Crippen LogP) is 1.67. The Kier molecular flexibility index (Phi) is 4.50. The molecule has 0 aromatic heterocycles. The lowest BCUT2D eigenvalue weighted by Crippen LogP contribution is -2.38. The zero-order valence-corrected chi connectivity index (χ0v) is 11.9. The van der Waals surface area contributed by atoms with Gasteiger partial charge in [0, 0.05) is 13.7 Å². The maximum absolute atomic E-state index is 6.16. The fourth-order valence-corrected chi connectivity index (χ4v) is 2.43. The summed E-state index contributed by atoms with van der Waals surface area (Å²) in [7, 11) is 3.27. The first-order valence-corrected chi connectivity index (χ1v) is 6.44. The normalized spacial score (nSPS) is 18.6. The number of methoxy groups -OCH3 is 2. The van der Waals surface area contributed by atoms with Gasteiger partial charge in [-0.3, -0.25) is 4.99 Å². The summed E-state index contributed by atoms with van der Waals surface area (Å²) < 4.78 is 10.3. The molecule has 104 valence electrons. The molecule has 0 saturated carbocycles. The molecule has 0 fully saturated rings. The van der Waals surface area contributed by atoms with Crippen LogP contribution in [-0.4, -0.2) is 44.8 Å². The summed E-state index contributed by atoms with van der Waals surface area (Å²) in [6.45, 7) is 1.95. The number of aliphatic imine (C=N–C) groups is 1. The summed E-state index contributed by atoms with van der Waals surface area (Å²) in [5, 5.41) is 0.595. The second kappa shape index (κ2) is 6.12. The van der Waals surface area contributed by atoms with Gasteiger partial charge in [0.05, 0.1) is 31.3 Å². The minimum absolute atomic E-state index is 0.110. The molecule has 19 heavy (non-hydrogen) atoms. The van der Waals surface area contributed by atoms with E-state index in [4.69, 9.17) is 26.8 Å². The quantitative estimate of drug-likeness (QED) is 0.893. The van der Waals surface area contributed by atoms with Crippen molar-refractivity contribution in [2.45, 2.75) is 6.04 Å². The molecule has 1 aliphatic rings. The second-order valence-electron chi connectivity index (χ2n) is 4.29. The highest BCUT2D eigenvalue weighted by Gasteiger charge is 2.27. The van der Waals surface area contributed by atoms with Crippen LogP contribution >= 0.6 is 11.6 Å². The average molecular weight is 284 g/mol. The van der Waals surface area contributed by atoms with Gasteiger partial charge in [-0.25, -0.2) is 0 Å². The van der Waals surface area contributed by atoms with E-state index in [1.165, 1.54) is 0 Å². The monoisotopic (exact) mass is 283 g/mol. The third kappa shape index (κ3) is 2.93. The number of rotatable bonds is 5. The smallest absolute Gasteiger partial charge is 0.192 e. The highest BCUT2D eigenvalue weighted by Crippen LogP contribution is 2.31. The van der Waals surface area contributed by atoms with Gasteiger partial charge in [0.2, 0.25) is 0 Å². The largest absolute Gasteiger partial charge is 0.495 e. The molecule has 1 unspecified atom stereocenters. The highest BCUT2D eigenvalue weighted by atomic mass is 35.5. The molecule has 0 saturated heterocycles. The van der Waals surface area contributed by atoms with E-state index in [0.717, 1.165) is 5.56 Å². The Morgan fingerprint density at radius 1 is 1.47 bits per heavy atom. The number of hydrogen-bond donors (Lipinski definition) is 1. The van der Waals surface area contributed by atoms with Gasteiger partial charge < -0.3 is 20.1 Å². The molecule has 0 spiro atoms. The van der Waals surface area contributed by atoms with Crippen LogP contribution < -0.4 is 10.5 Å². The fourth-order valence-electron chi connectivity index (χ4n) is 2.16. The van der Waals surface area contributed by atoms with Gasteiger partial charge in [-0.05, 0) is 17.7 Å². The summed E-state index contributed by atoms with van der Waals surface area (Å²) in [5.41, 5.74) is 6.98. The average Bonchev–Trinajstić information content (AvgIpc) is 2.77. The number of guanidine groups is 1. The van der Waals surface area contributed by atoms with Crippen molar-refractivity contribution in [3.63, 3.8) is 0 Å². The van der Waals surface area contributed by atoms with E-state index in [0.29, 0.717) is 36.4 Å². The molecule has 0 radical (unpaired) electrons. The van der Waals surface area contributed by atoms with Crippen molar-refractivity contribution >= 4 is 17.6 Å². The highest BCUT2D eigenvalue weighted by molar-refractivity contribution is 6.32. The van der Waals surface area contributed by atoms with Crippen LogP contribution in [0.15, 0.2) is 23.2 Å². The fraction of sp³-hybridized carbons (Fsp3) is 0.462. The van der Waals surface area contributed by atoms with Gasteiger partial charge in [-0.1, -0.05) is 17.7 Å². The molecule has 2 N–H and O–H groups in total. The first-order chi connectivity index (χ1) is 9.17. The lowest BCUT2D eigenvalue weighted by atomic mass is 10.1. The molecule has 1 aromatic rings. The molecule has 2 rings (SSSR count). The zero-order valence-electron chi connectivity index (χ0n) is 11.1. The zero-order chi connectivity index (χ0) is 13.8. The minimum atomic E-state index is 0.110. The Hall–Kier alpha value is -1.46. The Morgan fingerprint density at radius 3 is 2.89 bits per heavy atom. The van der Waals surface area contributed by atoms with Crippen LogP contribution in [0.2, 0.25) is 5.02 Å². The number of halogens is 1. The van der Waals surface area contributed by atoms with Crippen LogP contribution in [0.25, 0.3) is 0 Å². The lowest BCUT2D eigenvalue weighted by Gasteiger charge is -2.26. The lowest BCUT2D eigenvalue weighted by molar-refractivity contribution is 0.166. The van der Waals surface area contributed by atoms with Gasteiger partial charge in [0.1, 0.15) is 5.75 Å². The number of nitrogens with zero attached hydrogens (tertiary/aromatic N) is 2. The summed E-state index contributed by atoms with van der Waals surface area (Å²) in [6.07, 6.45) is 0. The Morgan fingerprint density at radius 2 is 2.26 bits per heavy atom. The van der Waals surface area contributed by atoms with Crippen LogP contribution in [0.3, 0.4) is 0 Å². The van der Waals surface area contributed by atoms with E-state index in [1.807, 2.05) is 23.1 Å². The Balaban J connectivity index is 2.18. The molecular formula is C13H18ClN3O2. The molecule has 1 aliphatic heterocycles. The molecule has 0 aliphatic carbocycles. The topological polar surface area (TPSA) is 60.1 Å². The van der Waals surface area contributed by atoms with E-state index in [2.05, 4.69) is 4.99 Å². The van der Waals surface area contributed by atoms with Crippen LogP contribution in [0.1, 0.15) is 11.6 Å². The van der Waals surface area contributed by atoms with Gasteiger partial charge in [-0.15, -0.1) is 0 Å². The standard InChI is InChI=1S/C13H18ClN3O2/c1-18-6-5-17-11(8-16-13(17)15)9-3-4-12(19-2)10(14)7-9/h3-4,7,11H,5-6,8H2,1-2H3,(H2,15,16). The van der Waals surface area contributed by atoms with Crippen LogP contribution in [0, 0.1) is 0 Å².